The first-order valence-electron chi connectivity index (χ1n) is 5.57. The van der Waals surface area contributed by atoms with Gasteiger partial charge in [0.25, 0.3) is 5.91 Å². The van der Waals surface area contributed by atoms with Crippen LogP contribution in [0.3, 0.4) is 0 Å². The van der Waals surface area contributed by atoms with E-state index in [2.05, 4.69) is 0 Å². The summed E-state index contributed by atoms with van der Waals surface area (Å²) in [7, 11) is 0. The molecule has 0 bridgehead atoms. The maximum Gasteiger partial charge on any atom is 0.327 e. The van der Waals surface area contributed by atoms with Gasteiger partial charge < -0.3 is 10.0 Å². The number of carboxylic acid groups (broad SMARTS) is 1. The normalized spacial score (nSPS) is 22.8. The first-order chi connectivity index (χ1) is 8.95. The zero-order valence-corrected chi connectivity index (χ0v) is 13.1. The Kier molecular flexibility index (Phi) is 4.66. The Morgan fingerprint density at radius 3 is 2.68 bits per heavy atom. The number of hydrogen-bond donors (Lipinski definition) is 1. The lowest BCUT2D eigenvalue weighted by atomic mass is 10.2. The smallest absolute Gasteiger partial charge is 0.327 e. The number of halogens is 2. The molecule has 1 fully saturated rings. The van der Waals surface area contributed by atoms with Crippen molar-refractivity contribution >= 4 is 58.2 Å². The van der Waals surface area contributed by atoms with Crippen LogP contribution in [0.15, 0.2) is 6.07 Å². The standard InChI is InChI=1S/C11H11Cl2NO3S2/c1-2-8-14(6(4-18-8)11(16)17)10(15)5-3-7(12)19-9(5)13/h3,6,8H,2,4H2,1H3,(H,16,17). The van der Waals surface area contributed by atoms with E-state index in [1.54, 1.807) is 0 Å². The number of carboxylic acids is 1. The van der Waals surface area contributed by atoms with E-state index >= 15 is 0 Å². The van der Waals surface area contributed by atoms with E-state index in [1.807, 2.05) is 6.92 Å². The van der Waals surface area contributed by atoms with Gasteiger partial charge in [0.2, 0.25) is 0 Å². The molecule has 0 aliphatic carbocycles. The summed E-state index contributed by atoms with van der Waals surface area (Å²) < 4.78 is 0.714. The molecule has 0 spiro atoms. The number of aliphatic carboxylic acids is 1. The summed E-state index contributed by atoms with van der Waals surface area (Å²) in [6.07, 6.45) is 0.690. The van der Waals surface area contributed by atoms with Crippen LogP contribution in [-0.2, 0) is 4.79 Å². The molecule has 2 rings (SSSR count). The van der Waals surface area contributed by atoms with Crippen LogP contribution in [0.2, 0.25) is 8.67 Å². The molecule has 1 saturated heterocycles. The summed E-state index contributed by atoms with van der Waals surface area (Å²) >= 11 is 14.4. The van der Waals surface area contributed by atoms with Crippen molar-refractivity contribution in [2.75, 3.05) is 5.75 Å². The predicted molar refractivity (Wildman–Crippen MR) is 78.5 cm³/mol. The molecular weight excluding hydrogens is 329 g/mol. The van der Waals surface area contributed by atoms with E-state index in [0.29, 0.717) is 20.8 Å². The molecule has 0 aromatic carbocycles. The van der Waals surface area contributed by atoms with E-state index < -0.39 is 12.0 Å². The fraction of sp³-hybridized carbons (Fsp3) is 0.455. The molecule has 2 unspecified atom stereocenters. The third kappa shape index (κ3) is 2.86. The summed E-state index contributed by atoms with van der Waals surface area (Å²) in [5, 5.41) is 9.07. The van der Waals surface area contributed by atoms with Crippen LogP contribution in [0.25, 0.3) is 0 Å². The Bertz CT molecular complexity index is 520. The molecule has 0 saturated carbocycles. The van der Waals surface area contributed by atoms with Crippen molar-refractivity contribution in [3.8, 4) is 0 Å². The molecule has 1 amide bonds. The van der Waals surface area contributed by atoms with Crippen LogP contribution in [0, 0.1) is 0 Å². The molecule has 4 nitrogen and oxygen atoms in total. The van der Waals surface area contributed by atoms with Gasteiger partial charge in [-0.25, -0.2) is 4.79 Å². The van der Waals surface area contributed by atoms with Gasteiger partial charge in [-0.3, -0.25) is 4.79 Å². The monoisotopic (exact) mass is 339 g/mol. The number of nitrogens with zero attached hydrogens (tertiary/aromatic N) is 1. The van der Waals surface area contributed by atoms with Gasteiger partial charge in [0.1, 0.15) is 10.4 Å². The molecule has 8 heteroatoms. The van der Waals surface area contributed by atoms with E-state index in [4.69, 9.17) is 23.2 Å². The highest BCUT2D eigenvalue weighted by atomic mass is 35.5. The van der Waals surface area contributed by atoms with Gasteiger partial charge in [0, 0.05) is 5.75 Å². The minimum absolute atomic E-state index is 0.136. The Hall–Kier alpha value is -0.430. The summed E-state index contributed by atoms with van der Waals surface area (Å²) in [5.41, 5.74) is 0.281. The molecule has 104 valence electrons. The highest BCUT2D eigenvalue weighted by Gasteiger charge is 2.41. The minimum atomic E-state index is -0.991. The van der Waals surface area contributed by atoms with Crippen LogP contribution in [0.5, 0.6) is 0 Å². The number of rotatable bonds is 3. The number of carbonyl (C=O) groups is 2. The van der Waals surface area contributed by atoms with Crippen molar-refractivity contribution in [3.63, 3.8) is 0 Å². The molecule has 1 aromatic rings. The molecule has 2 heterocycles. The van der Waals surface area contributed by atoms with Crippen LogP contribution in [0.1, 0.15) is 23.7 Å². The van der Waals surface area contributed by atoms with Crippen molar-refractivity contribution < 1.29 is 14.7 Å². The van der Waals surface area contributed by atoms with E-state index in [-0.39, 0.29) is 16.8 Å². The van der Waals surface area contributed by atoms with E-state index in [1.165, 1.54) is 22.7 Å². The zero-order chi connectivity index (χ0) is 14.2. The average molecular weight is 340 g/mol. The van der Waals surface area contributed by atoms with Crippen molar-refractivity contribution in [2.45, 2.75) is 24.8 Å². The number of hydrogen-bond acceptors (Lipinski definition) is 4. The largest absolute Gasteiger partial charge is 0.480 e. The van der Waals surface area contributed by atoms with Gasteiger partial charge in [-0.2, -0.15) is 0 Å². The van der Waals surface area contributed by atoms with Gasteiger partial charge in [0.15, 0.2) is 0 Å². The molecule has 1 aliphatic heterocycles. The van der Waals surface area contributed by atoms with Crippen LogP contribution in [-0.4, -0.2) is 39.1 Å². The topological polar surface area (TPSA) is 57.6 Å². The summed E-state index contributed by atoms with van der Waals surface area (Å²) in [6.45, 7) is 1.92. The third-order valence-electron chi connectivity index (χ3n) is 2.85. The van der Waals surface area contributed by atoms with Crippen molar-refractivity contribution in [1.82, 2.24) is 4.90 Å². The SMILES string of the molecule is CCC1SCC(C(=O)O)N1C(=O)c1cc(Cl)sc1Cl. The second kappa shape index (κ2) is 5.91. The average Bonchev–Trinajstić information content (AvgIpc) is 2.91. The summed E-state index contributed by atoms with van der Waals surface area (Å²) in [4.78, 5) is 25.1. The maximum atomic E-state index is 12.5. The van der Waals surface area contributed by atoms with Gasteiger partial charge in [-0.15, -0.1) is 23.1 Å². The molecule has 0 radical (unpaired) electrons. The van der Waals surface area contributed by atoms with Crippen LogP contribution < -0.4 is 0 Å². The molecule has 1 aromatic heterocycles. The first kappa shape index (κ1) is 15.0. The molecule has 19 heavy (non-hydrogen) atoms. The van der Waals surface area contributed by atoms with E-state index in [9.17, 15) is 14.7 Å². The lowest BCUT2D eigenvalue weighted by molar-refractivity contribution is -0.141. The van der Waals surface area contributed by atoms with Crippen LogP contribution >= 0.6 is 46.3 Å². The minimum Gasteiger partial charge on any atom is -0.480 e. The lowest BCUT2D eigenvalue weighted by Crippen LogP contribution is -2.45. The molecule has 2 atom stereocenters. The van der Waals surface area contributed by atoms with Crippen molar-refractivity contribution in [2.24, 2.45) is 0 Å². The molecule has 1 aliphatic rings. The third-order valence-corrected chi connectivity index (χ3v) is 5.79. The van der Waals surface area contributed by atoms with Gasteiger partial charge in [-0.1, -0.05) is 30.1 Å². The fourth-order valence-corrected chi connectivity index (χ4v) is 4.76. The molecular formula is C11H11Cl2NO3S2. The Labute approximate surface area is 128 Å². The number of thiophene rings is 1. The molecule has 1 N–H and O–H groups in total. The quantitative estimate of drug-likeness (QED) is 0.916. The number of carbonyl (C=O) groups excluding carboxylic acids is 1. The van der Waals surface area contributed by atoms with Gasteiger partial charge in [0.05, 0.1) is 15.3 Å². The lowest BCUT2D eigenvalue weighted by Gasteiger charge is -2.26. The van der Waals surface area contributed by atoms with Crippen molar-refractivity contribution in [3.05, 3.63) is 20.3 Å². The van der Waals surface area contributed by atoms with Gasteiger partial charge >= 0.3 is 5.97 Å². The number of amides is 1. The summed E-state index contributed by atoms with van der Waals surface area (Å²) in [6, 6.07) is 0.683. The van der Waals surface area contributed by atoms with Gasteiger partial charge in [-0.05, 0) is 12.5 Å². The highest BCUT2D eigenvalue weighted by molar-refractivity contribution is 8.00. The first-order valence-corrected chi connectivity index (χ1v) is 8.19. The second-order valence-electron chi connectivity index (χ2n) is 4.00. The number of thioether (sulfide) groups is 1. The fourth-order valence-electron chi connectivity index (χ4n) is 1.97. The predicted octanol–water partition coefficient (Wildman–Crippen LogP) is 3.43. The maximum absolute atomic E-state index is 12.5. The van der Waals surface area contributed by atoms with Crippen LogP contribution in [0.4, 0.5) is 0 Å². The highest BCUT2D eigenvalue weighted by Crippen LogP contribution is 2.37. The Morgan fingerprint density at radius 1 is 1.53 bits per heavy atom. The second-order valence-corrected chi connectivity index (χ2v) is 7.50. The Balaban J connectivity index is 2.33. The Morgan fingerprint density at radius 2 is 2.21 bits per heavy atom. The van der Waals surface area contributed by atoms with E-state index in [0.717, 1.165) is 11.3 Å². The summed E-state index contributed by atoms with van der Waals surface area (Å²) in [5.74, 6) is -0.957. The zero-order valence-electron chi connectivity index (χ0n) is 9.93. The van der Waals surface area contributed by atoms with Crippen molar-refractivity contribution in [1.29, 1.82) is 0 Å².